The van der Waals surface area contributed by atoms with Crippen molar-refractivity contribution in [2.24, 2.45) is 0 Å². The Kier molecular flexibility index (Phi) is 4.69. The largest absolute Gasteiger partial charge is 0.469 e. The van der Waals surface area contributed by atoms with Crippen molar-refractivity contribution in [3.05, 3.63) is 64.1 Å². The molecule has 0 amide bonds. The quantitative estimate of drug-likeness (QED) is 0.472. The first-order valence-corrected chi connectivity index (χ1v) is 6.23. The van der Waals surface area contributed by atoms with E-state index < -0.39 is 0 Å². The summed E-state index contributed by atoms with van der Waals surface area (Å²) in [6, 6.07) is 10.6. The molecule has 0 aliphatic heterocycles. The van der Waals surface area contributed by atoms with Gasteiger partial charge >= 0.3 is 0 Å². The van der Waals surface area contributed by atoms with E-state index in [4.69, 9.17) is 4.42 Å². The van der Waals surface area contributed by atoms with Gasteiger partial charge in [0.15, 0.2) is 0 Å². The molecule has 2 rings (SSSR count). The highest BCUT2D eigenvalue weighted by atomic mass is 16.6. The van der Waals surface area contributed by atoms with Crippen molar-refractivity contribution in [1.29, 1.82) is 0 Å². The Labute approximate surface area is 111 Å². The summed E-state index contributed by atoms with van der Waals surface area (Å²) in [6.45, 7) is 1.51. The summed E-state index contributed by atoms with van der Waals surface area (Å²) in [4.78, 5) is 10.5. The number of hydrogen-bond donors (Lipinski definition) is 1. The highest BCUT2D eigenvalue weighted by Gasteiger charge is 2.11. The summed E-state index contributed by atoms with van der Waals surface area (Å²) in [6.07, 6.45) is 3.13. The lowest BCUT2D eigenvalue weighted by Gasteiger charge is -2.04. The van der Waals surface area contributed by atoms with Gasteiger partial charge in [-0.05, 0) is 25.1 Å². The normalized spacial score (nSPS) is 10.5. The van der Waals surface area contributed by atoms with Gasteiger partial charge in [-0.3, -0.25) is 10.1 Å². The van der Waals surface area contributed by atoms with Gasteiger partial charge in [0.25, 0.3) is 5.69 Å². The fraction of sp³-hybridized carbons (Fsp3) is 0.286. The molecule has 5 nitrogen and oxygen atoms in total. The van der Waals surface area contributed by atoms with Crippen LogP contribution in [-0.4, -0.2) is 18.0 Å². The summed E-state index contributed by atoms with van der Waals surface area (Å²) < 4.78 is 5.22. The monoisotopic (exact) mass is 260 g/mol. The Bertz CT molecular complexity index is 523. The SMILES string of the molecule is O=[N+]([O-])c1ccccc1CCNCCc1ccco1. The van der Waals surface area contributed by atoms with E-state index in [0.717, 1.165) is 24.3 Å². The second kappa shape index (κ2) is 6.70. The molecular formula is C14H16N2O3. The average molecular weight is 260 g/mol. The lowest BCUT2D eigenvalue weighted by atomic mass is 10.1. The minimum absolute atomic E-state index is 0.190. The van der Waals surface area contributed by atoms with Crippen molar-refractivity contribution < 1.29 is 9.34 Å². The maximum atomic E-state index is 10.8. The number of nitrogens with zero attached hydrogens (tertiary/aromatic N) is 1. The molecule has 100 valence electrons. The standard InChI is InChI=1S/C14H16N2O3/c17-16(18)14-6-2-1-4-12(14)7-9-15-10-8-13-5-3-11-19-13/h1-6,11,15H,7-10H2. The Morgan fingerprint density at radius 2 is 1.89 bits per heavy atom. The molecule has 0 saturated heterocycles. The number of rotatable bonds is 7. The van der Waals surface area contributed by atoms with E-state index >= 15 is 0 Å². The number of nitro groups is 1. The van der Waals surface area contributed by atoms with E-state index in [1.807, 2.05) is 18.2 Å². The van der Waals surface area contributed by atoms with E-state index in [9.17, 15) is 10.1 Å². The van der Waals surface area contributed by atoms with Crippen molar-refractivity contribution in [2.45, 2.75) is 12.8 Å². The summed E-state index contributed by atoms with van der Waals surface area (Å²) in [7, 11) is 0. The third kappa shape index (κ3) is 3.93. The number of nitro benzene ring substituents is 1. The van der Waals surface area contributed by atoms with Crippen molar-refractivity contribution in [1.82, 2.24) is 5.32 Å². The Hall–Kier alpha value is -2.14. The van der Waals surface area contributed by atoms with Gasteiger partial charge in [0.05, 0.1) is 11.2 Å². The number of para-hydroxylation sites is 1. The van der Waals surface area contributed by atoms with Gasteiger partial charge in [-0.15, -0.1) is 0 Å². The number of nitrogens with one attached hydrogen (secondary N) is 1. The van der Waals surface area contributed by atoms with E-state index in [1.165, 1.54) is 6.07 Å². The van der Waals surface area contributed by atoms with Gasteiger partial charge in [0.2, 0.25) is 0 Å². The number of benzene rings is 1. The van der Waals surface area contributed by atoms with Crippen LogP contribution in [0.5, 0.6) is 0 Å². The maximum absolute atomic E-state index is 10.8. The number of furan rings is 1. The van der Waals surface area contributed by atoms with Crippen LogP contribution in [0.4, 0.5) is 5.69 Å². The third-order valence-electron chi connectivity index (χ3n) is 2.89. The molecule has 0 aliphatic rings. The molecule has 0 atom stereocenters. The lowest BCUT2D eigenvalue weighted by Crippen LogP contribution is -2.20. The fourth-order valence-electron chi connectivity index (χ4n) is 1.91. The minimum atomic E-state index is -0.335. The molecule has 0 bridgehead atoms. The lowest BCUT2D eigenvalue weighted by molar-refractivity contribution is -0.385. The molecule has 5 heteroatoms. The molecule has 1 N–H and O–H groups in total. The van der Waals surface area contributed by atoms with Crippen LogP contribution in [0.2, 0.25) is 0 Å². The van der Waals surface area contributed by atoms with Crippen molar-refractivity contribution in [3.63, 3.8) is 0 Å². The summed E-state index contributed by atoms with van der Waals surface area (Å²) >= 11 is 0. The van der Waals surface area contributed by atoms with Gasteiger partial charge in [-0.2, -0.15) is 0 Å². The molecule has 1 aromatic heterocycles. The molecule has 0 radical (unpaired) electrons. The predicted octanol–water partition coefficient (Wildman–Crippen LogP) is 2.56. The Balaban J connectivity index is 1.75. The smallest absolute Gasteiger partial charge is 0.272 e. The van der Waals surface area contributed by atoms with Crippen molar-refractivity contribution in [3.8, 4) is 0 Å². The van der Waals surface area contributed by atoms with Crippen LogP contribution in [0.25, 0.3) is 0 Å². The summed E-state index contributed by atoms with van der Waals surface area (Å²) in [5, 5.41) is 14.1. The third-order valence-corrected chi connectivity index (χ3v) is 2.89. The van der Waals surface area contributed by atoms with Crippen LogP contribution in [0.1, 0.15) is 11.3 Å². The molecule has 0 spiro atoms. The summed E-state index contributed by atoms with van der Waals surface area (Å²) in [5.41, 5.74) is 0.952. The zero-order valence-electron chi connectivity index (χ0n) is 10.5. The highest BCUT2D eigenvalue weighted by molar-refractivity contribution is 5.39. The molecule has 19 heavy (non-hydrogen) atoms. The van der Waals surface area contributed by atoms with Crippen molar-refractivity contribution in [2.75, 3.05) is 13.1 Å². The average Bonchev–Trinajstić information content (AvgIpc) is 2.92. The van der Waals surface area contributed by atoms with Crippen molar-refractivity contribution >= 4 is 5.69 Å². The van der Waals surface area contributed by atoms with E-state index in [-0.39, 0.29) is 10.6 Å². The van der Waals surface area contributed by atoms with Gasteiger partial charge in [-0.25, -0.2) is 0 Å². The Morgan fingerprint density at radius 1 is 1.11 bits per heavy atom. The van der Waals surface area contributed by atoms with E-state index in [1.54, 1.807) is 18.4 Å². The van der Waals surface area contributed by atoms with Crippen LogP contribution >= 0.6 is 0 Å². The van der Waals surface area contributed by atoms with Gasteiger partial charge in [0, 0.05) is 24.6 Å². The van der Waals surface area contributed by atoms with Crippen LogP contribution in [0.15, 0.2) is 47.1 Å². The predicted molar refractivity (Wildman–Crippen MR) is 72.1 cm³/mol. The van der Waals surface area contributed by atoms with E-state index in [0.29, 0.717) is 13.0 Å². The molecule has 0 saturated carbocycles. The second-order valence-electron chi connectivity index (χ2n) is 4.22. The van der Waals surface area contributed by atoms with Crippen LogP contribution in [-0.2, 0) is 12.8 Å². The molecule has 0 aliphatic carbocycles. The molecule has 0 fully saturated rings. The van der Waals surface area contributed by atoms with Crippen LogP contribution in [0, 0.1) is 10.1 Å². The highest BCUT2D eigenvalue weighted by Crippen LogP contribution is 2.17. The van der Waals surface area contributed by atoms with E-state index in [2.05, 4.69) is 5.32 Å². The zero-order valence-corrected chi connectivity index (χ0v) is 10.5. The molecule has 2 aromatic rings. The maximum Gasteiger partial charge on any atom is 0.272 e. The molecule has 1 heterocycles. The second-order valence-corrected chi connectivity index (χ2v) is 4.22. The molecular weight excluding hydrogens is 244 g/mol. The van der Waals surface area contributed by atoms with Crippen LogP contribution < -0.4 is 5.32 Å². The first kappa shape index (κ1) is 13.3. The Morgan fingerprint density at radius 3 is 2.63 bits per heavy atom. The fourth-order valence-corrected chi connectivity index (χ4v) is 1.91. The van der Waals surface area contributed by atoms with Crippen LogP contribution in [0.3, 0.4) is 0 Å². The molecule has 0 unspecified atom stereocenters. The van der Waals surface area contributed by atoms with Gasteiger partial charge < -0.3 is 9.73 Å². The molecule has 1 aromatic carbocycles. The topological polar surface area (TPSA) is 68.3 Å². The first-order valence-electron chi connectivity index (χ1n) is 6.23. The summed E-state index contributed by atoms with van der Waals surface area (Å²) in [5.74, 6) is 0.943. The van der Waals surface area contributed by atoms with Gasteiger partial charge in [0.1, 0.15) is 5.76 Å². The zero-order chi connectivity index (χ0) is 13.5. The first-order chi connectivity index (χ1) is 9.27. The minimum Gasteiger partial charge on any atom is -0.469 e. The number of hydrogen-bond acceptors (Lipinski definition) is 4. The van der Waals surface area contributed by atoms with Gasteiger partial charge in [-0.1, -0.05) is 18.2 Å².